The topological polar surface area (TPSA) is 52.7 Å². The Kier molecular flexibility index (Phi) is 2.20. The largest absolute Gasteiger partial charge is 0.380 e. The number of nitrogens with one attached hydrogen (secondary N) is 1. The molecule has 0 aromatic heterocycles. The molecule has 0 saturated carbocycles. The van der Waals surface area contributed by atoms with E-state index in [2.05, 4.69) is 23.5 Å². The van der Waals surface area contributed by atoms with Crippen molar-refractivity contribution in [3.8, 4) is 0 Å². The van der Waals surface area contributed by atoms with E-state index < -0.39 is 0 Å². The molecule has 0 aromatic rings. The van der Waals surface area contributed by atoms with Crippen molar-refractivity contribution in [2.24, 2.45) is 5.92 Å². The lowest BCUT2D eigenvalue weighted by molar-refractivity contribution is -0.127. The molecule has 5 heteroatoms. The van der Waals surface area contributed by atoms with Gasteiger partial charge in [-0.25, -0.2) is 4.79 Å². The predicted molar refractivity (Wildman–Crippen MR) is 73.6 cm³/mol. The van der Waals surface area contributed by atoms with Gasteiger partial charge in [-0.05, 0) is 12.5 Å². The average molecular weight is 271 g/mol. The lowest BCUT2D eigenvalue weighted by Crippen LogP contribution is -2.48. The van der Waals surface area contributed by atoms with Crippen LogP contribution < -0.4 is 5.32 Å². The minimum absolute atomic E-state index is 0.0578. The summed E-state index contributed by atoms with van der Waals surface area (Å²) >= 11 is 0. The lowest BCUT2D eigenvalue weighted by Gasteiger charge is -2.35. The van der Waals surface area contributed by atoms with Gasteiger partial charge in [0.2, 0.25) is 0 Å². The van der Waals surface area contributed by atoms with Crippen LogP contribution in [0.5, 0.6) is 0 Å². The summed E-state index contributed by atoms with van der Waals surface area (Å²) in [4.78, 5) is 27.4. The van der Waals surface area contributed by atoms with Gasteiger partial charge in [0.1, 0.15) is 6.04 Å². The second-order valence-corrected chi connectivity index (χ2v) is 5.89. The highest BCUT2D eigenvalue weighted by molar-refractivity contribution is 6.04. The Morgan fingerprint density at radius 1 is 1.25 bits per heavy atom. The molecule has 0 spiro atoms. The van der Waals surface area contributed by atoms with Crippen molar-refractivity contribution in [2.75, 3.05) is 7.05 Å². The fraction of sp³-hybridized carbons (Fsp3) is 0.467. The Morgan fingerprint density at radius 3 is 2.80 bits per heavy atom. The molecule has 4 unspecified atom stereocenters. The van der Waals surface area contributed by atoms with Crippen LogP contribution in [0.2, 0.25) is 0 Å². The van der Waals surface area contributed by atoms with Gasteiger partial charge >= 0.3 is 6.03 Å². The first-order valence-corrected chi connectivity index (χ1v) is 7.04. The molecule has 1 aliphatic carbocycles. The summed E-state index contributed by atoms with van der Waals surface area (Å²) in [7, 11) is 1.57. The standard InChI is InChI=1S/C15H17N3O2/c1-8-13-10(9-5-3-4-6-11(9)16-13)7-12-14(19)17(2)15(20)18(8)12/h3-6,8-9,11-12,16H,7H2,1-2H3. The van der Waals surface area contributed by atoms with E-state index >= 15 is 0 Å². The molecule has 4 atom stereocenters. The molecule has 1 fully saturated rings. The van der Waals surface area contributed by atoms with E-state index in [9.17, 15) is 9.59 Å². The third-order valence-electron chi connectivity index (χ3n) is 4.91. The molecule has 3 amide bonds. The number of imide groups is 1. The van der Waals surface area contributed by atoms with E-state index in [0.29, 0.717) is 12.3 Å². The van der Waals surface area contributed by atoms with Crippen molar-refractivity contribution in [3.05, 3.63) is 35.6 Å². The van der Waals surface area contributed by atoms with Gasteiger partial charge < -0.3 is 10.2 Å². The number of nitrogens with zero attached hydrogens (tertiary/aromatic N) is 2. The molecule has 0 radical (unpaired) electrons. The molecule has 0 bridgehead atoms. The maximum Gasteiger partial charge on any atom is 0.327 e. The first kappa shape index (κ1) is 11.8. The maximum absolute atomic E-state index is 12.2. The van der Waals surface area contributed by atoms with Gasteiger partial charge in [0.05, 0.1) is 12.1 Å². The van der Waals surface area contributed by atoms with Gasteiger partial charge in [-0.2, -0.15) is 0 Å². The van der Waals surface area contributed by atoms with Crippen molar-refractivity contribution in [3.63, 3.8) is 0 Å². The van der Waals surface area contributed by atoms with Crippen LogP contribution in [0.1, 0.15) is 13.3 Å². The number of carbonyl (C=O) groups is 2. The second-order valence-electron chi connectivity index (χ2n) is 5.89. The Labute approximate surface area is 117 Å². The van der Waals surface area contributed by atoms with Crippen LogP contribution in [0, 0.1) is 5.92 Å². The zero-order valence-corrected chi connectivity index (χ0v) is 11.5. The van der Waals surface area contributed by atoms with Crippen LogP contribution in [-0.4, -0.2) is 46.9 Å². The van der Waals surface area contributed by atoms with Gasteiger partial charge in [-0.15, -0.1) is 0 Å². The lowest BCUT2D eigenvalue weighted by atomic mass is 9.84. The van der Waals surface area contributed by atoms with E-state index in [4.69, 9.17) is 0 Å². The van der Waals surface area contributed by atoms with E-state index in [1.54, 1.807) is 11.9 Å². The van der Waals surface area contributed by atoms with Gasteiger partial charge in [-0.1, -0.05) is 24.3 Å². The number of allylic oxidation sites excluding steroid dienone is 2. The second kappa shape index (κ2) is 3.75. The molecular formula is C15H17N3O2. The summed E-state index contributed by atoms with van der Waals surface area (Å²) in [6, 6.07) is -0.282. The Balaban J connectivity index is 1.75. The highest BCUT2D eigenvalue weighted by Gasteiger charge is 2.52. The molecule has 3 aliphatic heterocycles. The predicted octanol–water partition coefficient (Wildman–Crippen LogP) is 1.01. The van der Waals surface area contributed by atoms with Crippen molar-refractivity contribution in [1.82, 2.24) is 15.1 Å². The van der Waals surface area contributed by atoms with Crippen LogP contribution in [0.25, 0.3) is 0 Å². The number of carbonyl (C=O) groups excluding carboxylic acids is 2. The van der Waals surface area contributed by atoms with Crippen LogP contribution in [0.4, 0.5) is 4.79 Å². The fourth-order valence-corrected chi connectivity index (χ4v) is 3.88. The fourth-order valence-electron chi connectivity index (χ4n) is 3.88. The normalized spacial score (nSPS) is 38.1. The third-order valence-corrected chi connectivity index (χ3v) is 4.91. The summed E-state index contributed by atoms with van der Waals surface area (Å²) < 4.78 is 0. The molecule has 0 aromatic carbocycles. The summed E-state index contributed by atoms with van der Waals surface area (Å²) in [5.41, 5.74) is 2.42. The van der Waals surface area contributed by atoms with Crippen LogP contribution in [-0.2, 0) is 4.79 Å². The smallest absolute Gasteiger partial charge is 0.327 e. The molecular weight excluding hydrogens is 254 g/mol. The molecule has 4 aliphatic rings. The van der Waals surface area contributed by atoms with Gasteiger partial charge in [0.25, 0.3) is 5.91 Å². The monoisotopic (exact) mass is 271 g/mol. The summed E-state index contributed by atoms with van der Waals surface area (Å²) in [6.45, 7) is 2.00. The summed E-state index contributed by atoms with van der Waals surface area (Å²) in [5, 5.41) is 3.53. The number of rotatable bonds is 0. The molecule has 1 saturated heterocycles. The van der Waals surface area contributed by atoms with E-state index in [1.165, 1.54) is 10.5 Å². The molecule has 1 N–H and O–H groups in total. The van der Waals surface area contributed by atoms with Gasteiger partial charge in [-0.3, -0.25) is 9.69 Å². The zero-order valence-electron chi connectivity index (χ0n) is 11.5. The first-order valence-electron chi connectivity index (χ1n) is 7.04. The van der Waals surface area contributed by atoms with E-state index in [-0.39, 0.29) is 30.1 Å². The molecule has 4 rings (SSSR count). The number of hydrogen-bond donors (Lipinski definition) is 1. The number of hydrogen-bond acceptors (Lipinski definition) is 3. The molecule has 3 heterocycles. The minimum Gasteiger partial charge on any atom is -0.380 e. The highest BCUT2D eigenvalue weighted by Crippen LogP contribution is 2.42. The van der Waals surface area contributed by atoms with Crippen LogP contribution in [0.15, 0.2) is 35.6 Å². The molecule has 5 nitrogen and oxygen atoms in total. The number of likely N-dealkylation sites (N-methyl/N-ethyl adjacent to an activating group) is 1. The number of urea groups is 1. The number of amides is 3. The average Bonchev–Trinajstić information content (AvgIpc) is 2.93. The quantitative estimate of drug-likeness (QED) is 0.669. The molecule has 20 heavy (non-hydrogen) atoms. The van der Waals surface area contributed by atoms with Crippen molar-refractivity contribution in [1.29, 1.82) is 0 Å². The molecule has 104 valence electrons. The SMILES string of the molecule is CC1C2=C(CC3C(=O)N(C)C(=O)N13)C1C=CC=CC1N2. The van der Waals surface area contributed by atoms with Crippen molar-refractivity contribution >= 4 is 11.9 Å². The van der Waals surface area contributed by atoms with Crippen LogP contribution >= 0.6 is 0 Å². The minimum atomic E-state index is -0.318. The van der Waals surface area contributed by atoms with Crippen LogP contribution in [0.3, 0.4) is 0 Å². The van der Waals surface area contributed by atoms with E-state index in [1.807, 2.05) is 13.0 Å². The van der Waals surface area contributed by atoms with Crippen molar-refractivity contribution < 1.29 is 9.59 Å². The third kappa shape index (κ3) is 1.27. The van der Waals surface area contributed by atoms with E-state index in [0.717, 1.165) is 5.70 Å². The first-order chi connectivity index (χ1) is 9.59. The summed E-state index contributed by atoms with van der Waals surface area (Å²) in [5.74, 6) is 0.251. The van der Waals surface area contributed by atoms with Crippen molar-refractivity contribution in [2.45, 2.75) is 31.5 Å². The number of fused-ring (bicyclic) bond motifs is 3. The Hall–Kier alpha value is -2.04. The zero-order chi connectivity index (χ0) is 14.0. The van der Waals surface area contributed by atoms with Gasteiger partial charge in [0, 0.05) is 25.1 Å². The maximum atomic E-state index is 12.2. The highest BCUT2D eigenvalue weighted by atomic mass is 16.2. The Morgan fingerprint density at radius 2 is 2.00 bits per heavy atom. The van der Waals surface area contributed by atoms with Gasteiger partial charge in [0.15, 0.2) is 0 Å². The Bertz CT molecular complexity index is 604. The summed E-state index contributed by atoms with van der Waals surface area (Å²) in [6.07, 6.45) is 9.09.